The van der Waals surface area contributed by atoms with Gasteiger partial charge < -0.3 is 30.0 Å². The van der Waals surface area contributed by atoms with Crippen molar-refractivity contribution in [2.45, 2.75) is 64.5 Å². The van der Waals surface area contributed by atoms with E-state index in [9.17, 15) is 14.4 Å². The average molecular weight is 697 g/mol. The molecule has 0 bridgehead atoms. The molecule has 1 aliphatic rings. The standard InChI is InChI=1S/C38H48N8O5/c1-4-5-6-9-24-50-38(49)43-36(39)27-11-14-29(15-12-27)41-26-34-42-31-25-28(13-16-32(31)45(34)3)37(48)46(33-10-7-8-20-40-33)23-19-35(47)51-30-17-21-44(2)22-18-30/h7-8,10-16,20,25,30,41H,4-6,9,17-19,21-24,26H2,1-3H3,(H2,39,43,49). The largest absolute Gasteiger partial charge is 0.462 e. The van der Waals surface area contributed by atoms with Gasteiger partial charge in [0, 0.05) is 49.7 Å². The summed E-state index contributed by atoms with van der Waals surface area (Å²) in [6, 6.07) is 18.0. The third kappa shape index (κ3) is 10.4. The first-order chi connectivity index (χ1) is 24.7. The molecule has 0 aliphatic carbocycles. The summed E-state index contributed by atoms with van der Waals surface area (Å²) < 4.78 is 12.8. The first kappa shape index (κ1) is 37.0. The number of likely N-dealkylation sites (tertiary alicyclic amines) is 1. The minimum absolute atomic E-state index is 0.0579. The predicted octanol–water partition coefficient (Wildman–Crippen LogP) is 5.68. The average Bonchev–Trinajstić information content (AvgIpc) is 3.46. The van der Waals surface area contributed by atoms with E-state index in [1.165, 1.54) is 4.90 Å². The highest BCUT2D eigenvalue weighted by Crippen LogP contribution is 2.22. The molecule has 1 fully saturated rings. The van der Waals surface area contributed by atoms with Gasteiger partial charge >= 0.3 is 12.1 Å². The minimum Gasteiger partial charge on any atom is -0.462 e. The summed E-state index contributed by atoms with van der Waals surface area (Å²) in [5, 5.41) is 3.36. The van der Waals surface area contributed by atoms with E-state index in [0.717, 1.165) is 68.6 Å². The van der Waals surface area contributed by atoms with Gasteiger partial charge in [-0.2, -0.15) is 4.99 Å². The summed E-state index contributed by atoms with van der Waals surface area (Å²) in [6.45, 7) is 4.79. The number of hydrogen-bond acceptors (Lipinski definition) is 9. The first-order valence-corrected chi connectivity index (χ1v) is 17.6. The Bertz CT molecular complexity index is 1800. The number of aromatic nitrogens is 3. The van der Waals surface area contributed by atoms with Gasteiger partial charge in [0.15, 0.2) is 0 Å². The summed E-state index contributed by atoms with van der Waals surface area (Å²) in [6.07, 6.45) is 6.55. The summed E-state index contributed by atoms with van der Waals surface area (Å²) in [4.78, 5) is 55.5. The molecule has 0 atom stereocenters. The predicted molar refractivity (Wildman–Crippen MR) is 198 cm³/mol. The number of imidazole rings is 1. The second kappa shape index (κ2) is 18.1. The lowest BCUT2D eigenvalue weighted by molar-refractivity contribution is -0.150. The van der Waals surface area contributed by atoms with Crippen molar-refractivity contribution in [3.63, 3.8) is 0 Å². The number of carbonyl (C=O) groups excluding carboxylic acids is 3. The van der Waals surface area contributed by atoms with Gasteiger partial charge in [0.1, 0.15) is 23.6 Å². The van der Waals surface area contributed by atoms with E-state index in [-0.39, 0.29) is 36.8 Å². The van der Waals surface area contributed by atoms with Crippen molar-refractivity contribution in [2.24, 2.45) is 17.8 Å². The molecule has 2 amide bonds. The summed E-state index contributed by atoms with van der Waals surface area (Å²) >= 11 is 0. The highest BCUT2D eigenvalue weighted by molar-refractivity contribution is 6.07. The molecular formula is C38H48N8O5. The Morgan fingerprint density at radius 1 is 1.00 bits per heavy atom. The van der Waals surface area contributed by atoms with Crippen LogP contribution in [0.3, 0.4) is 0 Å². The second-order valence-electron chi connectivity index (χ2n) is 12.8. The van der Waals surface area contributed by atoms with E-state index in [4.69, 9.17) is 20.2 Å². The number of unbranched alkanes of at least 4 members (excludes halogenated alkanes) is 3. The van der Waals surface area contributed by atoms with E-state index < -0.39 is 6.09 Å². The number of amidine groups is 1. The summed E-state index contributed by atoms with van der Waals surface area (Å²) in [7, 11) is 3.98. The maximum Gasteiger partial charge on any atom is 0.435 e. The molecule has 13 heteroatoms. The fourth-order valence-electron chi connectivity index (χ4n) is 5.90. The second-order valence-corrected chi connectivity index (χ2v) is 12.8. The molecule has 0 radical (unpaired) electrons. The third-order valence-corrected chi connectivity index (χ3v) is 8.96. The van der Waals surface area contributed by atoms with Crippen LogP contribution in [0.1, 0.15) is 73.6 Å². The Labute approximate surface area is 298 Å². The number of nitrogens with two attached hydrogens (primary N) is 1. The van der Waals surface area contributed by atoms with Gasteiger partial charge in [-0.3, -0.25) is 14.5 Å². The molecule has 0 saturated carbocycles. The molecule has 13 nitrogen and oxygen atoms in total. The van der Waals surface area contributed by atoms with Crippen molar-refractivity contribution in [3.8, 4) is 0 Å². The van der Waals surface area contributed by atoms with Crippen LogP contribution in [0.2, 0.25) is 0 Å². The summed E-state index contributed by atoms with van der Waals surface area (Å²) in [5.74, 6) is 0.707. The van der Waals surface area contributed by atoms with Crippen LogP contribution in [-0.2, 0) is 27.9 Å². The molecule has 51 heavy (non-hydrogen) atoms. The van der Waals surface area contributed by atoms with Gasteiger partial charge in [-0.1, -0.05) is 32.3 Å². The number of rotatable bonds is 15. The fourth-order valence-corrected chi connectivity index (χ4v) is 5.90. The van der Waals surface area contributed by atoms with Gasteiger partial charge in [-0.05, 0) is 80.9 Å². The number of pyridine rings is 1. The minimum atomic E-state index is -0.689. The Hall–Kier alpha value is -5.30. The monoisotopic (exact) mass is 696 g/mol. The number of esters is 1. The normalized spacial score (nSPS) is 14.0. The molecule has 270 valence electrons. The van der Waals surface area contributed by atoms with Crippen molar-refractivity contribution < 1.29 is 23.9 Å². The molecule has 5 rings (SSSR count). The third-order valence-electron chi connectivity index (χ3n) is 8.96. The maximum atomic E-state index is 13.9. The highest BCUT2D eigenvalue weighted by atomic mass is 16.5. The molecule has 4 aromatic rings. The number of piperidine rings is 1. The lowest BCUT2D eigenvalue weighted by Gasteiger charge is -2.29. The smallest absolute Gasteiger partial charge is 0.435 e. The van der Waals surface area contributed by atoms with Gasteiger partial charge in [0.05, 0.1) is 30.6 Å². The molecule has 3 heterocycles. The van der Waals surface area contributed by atoms with E-state index in [1.807, 2.05) is 35.9 Å². The Kier molecular flexibility index (Phi) is 13.1. The fraction of sp³-hybridized carbons (Fsp3) is 0.421. The highest BCUT2D eigenvalue weighted by Gasteiger charge is 2.24. The lowest BCUT2D eigenvalue weighted by Crippen LogP contribution is -2.37. The zero-order valence-electron chi connectivity index (χ0n) is 29.7. The number of amides is 2. The number of nitrogens with one attached hydrogen (secondary N) is 1. The van der Waals surface area contributed by atoms with Crippen molar-refractivity contribution in [1.82, 2.24) is 19.4 Å². The number of nitrogens with zero attached hydrogens (tertiary/aromatic N) is 6. The molecule has 2 aromatic heterocycles. The number of hydrogen-bond donors (Lipinski definition) is 2. The molecule has 0 unspecified atom stereocenters. The van der Waals surface area contributed by atoms with Crippen molar-refractivity contribution in [2.75, 3.05) is 43.5 Å². The number of carbonyl (C=O) groups is 3. The maximum absolute atomic E-state index is 13.9. The molecule has 2 aromatic carbocycles. The SMILES string of the molecule is CCCCCCOC(=O)N=C(N)c1ccc(NCc2nc3cc(C(=O)N(CCC(=O)OC4CCN(C)CC4)c4ccccn4)ccc3n2C)cc1. The van der Waals surface area contributed by atoms with Crippen LogP contribution < -0.4 is 16.0 Å². The van der Waals surface area contributed by atoms with Crippen LogP contribution >= 0.6 is 0 Å². The molecule has 0 spiro atoms. The van der Waals surface area contributed by atoms with Gasteiger partial charge in [-0.25, -0.2) is 14.8 Å². The Balaban J connectivity index is 1.20. The van der Waals surface area contributed by atoms with E-state index in [2.05, 4.69) is 34.2 Å². The van der Waals surface area contributed by atoms with E-state index in [1.54, 1.807) is 42.6 Å². The number of aliphatic imine (C=N–C) groups is 1. The van der Waals surface area contributed by atoms with Crippen LogP contribution in [0.15, 0.2) is 71.9 Å². The van der Waals surface area contributed by atoms with Crippen LogP contribution in [0.4, 0.5) is 16.3 Å². The van der Waals surface area contributed by atoms with E-state index in [0.29, 0.717) is 35.6 Å². The van der Waals surface area contributed by atoms with Gasteiger partial charge in [0.25, 0.3) is 5.91 Å². The zero-order chi connectivity index (χ0) is 36.2. The van der Waals surface area contributed by atoms with E-state index >= 15 is 0 Å². The first-order valence-electron chi connectivity index (χ1n) is 17.6. The van der Waals surface area contributed by atoms with Crippen molar-refractivity contribution >= 4 is 46.3 Å². The van der Waals surface area contributed by atoms with Gasteiger partial charge in [-0.15, -0.1) is 0 Å². The quantitative estimate of drug-likeness (QED) is 0.0686. The van der Waals surface area contributed by atoms with Crippen LogP contribution in [0.25, 0.3) is 11.0 Å². The number of ether oxygens (including phenoxy) is 2. The molecular weight excluding hydrogens is 648 g/mol. The van der Waals surface area contributed by atoms with Gasteiger partial charge in [0.2, 0.25) is 0 Å². The summed E-state index contributed by atoms with van der Waals surface area (Å²) in [5.41, 5.74) is 9.45. The van der Waals surface area contributed by atoms with Crippen LogP contribution in [-0.4, -0.2) is 82.6 Å². The van der Waals surface area contributed by atoms with Crippen LogP contribution in [0.5, 0.6) is 0 Å². The molecule has 1 saturated heterocycles. The van der Waals surface area contributed by atoms with Crippen LogP contribution in [0, 0.1) is 0 Å². The Morgan fingerprint density at radius 3 is 2.49 bits per heavy atom. The molecule has 3 N–H and O–H groups in total. The number of benzene rings is 2. The van der Waals surface area contributed by atoms with Crippen molar-refractivity contribution in [3.05, 3.63) is 83.8 Å². The Morgan fingerprint density at radius 2 is 1.76 bits per heavy atom. The topological polar surface area (TPSA) is 157 Å². The lowest BCUT2D eigenvalue weighted by atomic mass is 10.1. The zero-order valence-corrected chi connectivity index (χ0v) is 29.7. The number of anilines is 2. The molecule has 1 aliphatic heterocycles. The number of fused-ring (bicyclic) bond motifs is 1. The van der Waals surface area contributed by atoms with Crippen molar-refractivity contribution in [1.29, 1.82) is 0 Å². The number of aryl methyl sites for hydroxylation is 1.